The molecule has 0 aliphatic carbocycles. The van der Waals surface area contributed by atoms with E-state index < -0.39 is 0 Å². The van der Waals surface area contributed by atoms with E-state index in [1.54, 1.807) is 19.4 Å². The van der Waals surface area contributed by atoms with Crippen LogP contribution < -0.4 is 10.5 Å². The van der Waals surface area contributed by atoms with E-state index in [9.17, 15) is 0 Å². The van der Waals surface area contributed by atoms with Gasteiger partial charge >= 0.3 is 0 Å². The highest BCUT2D eigenvalue weighted by Gasteiger charge is 2.05. The maximum absolute atomic E-state index is 5.91. The van der Waals surface area contributed by atoms with Crippen molar-refractivity contribution in [1.29, 1.82) is 0 Å². The molecule has 0 fully saturated rings. The predicted octanol–water partition coefficient (Wildman–Crippen LogP) is 2.32. The summed E-state index contributed by atoms with van der Waals surface area (Å²) in [5, 5.41) is 0.578. The van der Waals surface area contributed by atoms with Crippen molar-refractivity contribution in [3.05, 3.63) is 29.4 Å². The molecule has 0 atom stereocenters. The lowest BCUT2D eigenvalue weighted by atomic mass is 10.1. The molecule has 5 heteroatoms. The highest BCUT2D eigenvalue weighted by molar-refractivity contribution is 6.32. The maximum Gasteiger partial charge on any atom is 0.197 e. The van der Waals surface area contributed by atoms with Gasteiger partial charge in [0, 0.05) is 5.56 Å². The van der Waals surface area contributed by atoms with Crippen LogP contribution in [0.1, 0.15) is 0 Å². The van der Waals surface area contributed by atoms with Gasteiger partial charge in [0.15, 0.2) is 5.95 Å². The number of aromatic amines is 1. The topological polar surface area (TPSA) is 63.9 Å². The number of methoxy groups -OCH3 is 1. The van der Waals surface area contributed by atoms with Crippen LogP contribution >= 0.6 is 11.6 Å². The third kappa shape index (κ3) is 1.89. The smallest absolute Gasteiger partial charge is 0.197 e. The molecule has 0 bridgehead atoms. The lowest BCUT2D eigenvalue weighted by Gasteiger charge is -2.04. The minimum atomic E-state index is 0.388. The Hall–Kier alpha value is -1.68. The van der Waals surface area contributed by atoms with Gasteiger partial charge < -0.3 is 15.5 Å². The molecule has 1 heterocycles. The van der Waals surface area contributed by atoms with Crippen molar-refractivity contribution in [2.24, 2.45) is 0 Å². The number of hydrogen-bond donors (Lipinski definition) is 2. The fourth-order valence-corrected chi connectivity index (χ4v) is 1.51. The predicted molar refractivity (Wildman–Crippen MR) is 60.0 cm³/mol. The van der Waals surface area contributed by atoms with Gasteiger partial charge in [0.25, 0.3) is 0 Å². The number of rotatable bonds is 2. The molecule has 0 saturated carbocycles. The molecule has 0 saturated heterocycles. The fraction of sp³-hybridized carbons (Fsp3) is 0.100. The summed E-state index contributed by atoms with van der Waals surface area (Å²) in [4.78, 5) is 6.85. The van der Waals surface area contributed by atoms with Crippen molar-refractivity contribution in [1.82, 2.24) is 9.97 Å². The van der Waals surface area contributed by atoms with Gasteiger partial charge in [0.2, 0.25) is 0 Å². The van der Waals surface area contributed by atoms with Crippen molar-refractivity contribution in [2.45, 2.75) is 0 Å². The fourth-order valence-electron chi connectivity index (χ4n) is 1.31. The minimum absolute atomic E-state index is 0.388. The summed E-state index contributed by atoms with van der Waals surface area (Å²) < 4.78 is 5.12. The SMILES string of the molecule is COc1cc(-c2cnc(N)[nH]2)ccc1Cl. The minimum Gasteiger partial charge on any atom is -0.495 e. The first kappa shape index (κ1) is 9.86. The van der Waals surface area contributed by atoms with Gasteiger partial charge in [0.1, 0.15) is 5.75 Å². The number of nitrogens with two attached hydrogens (primary N) is 1. The second kappa shape index (κ2) is 3.82. The molecule has 4 nitrogen and oxygen atoms in total. The molecule has 0 spiro atoms. The Morgan fingerprint density at radius 1 is 1.47 bits per heavy atom. The number of anilines is 1. The average molecular weight is 224 g/mol. The molecule has 1 aromatic carbocycles. The molecule has 3 N–H and O–H groups in total. The lowest BCUT2D eigenvalue weighted by Crippen LogP contribution is -1.87. The number of benzene rings is 1. The number of ether oxygens (including phenoxy) is 1. The van der Waals surface area contributed by atoms with Gasteiger partial charge in [-0.1, -0.05) is 17.7 Å². The van der Waals surface area contributed by atoms with Crippen molar-refractivity contribution < 1.29 is 4.74 Å². The molecule has 78 valence electrons. The Balaban J connectivity index is 2.45. The first-order valence-electron chi connectivity index (χ1n) is 4.35. The van der Waals surface area contributed by atoms with E-state index >= 15 is 0 Å². The van der Waals surface area contributed by atoms with E-state index in [2.05, 4.69) is 9.97 Å². The van der Waals surface area contributed by atoms with Crippen LogP contribution in [0.4, 0.5) is 5.95 Å². The number of H-pyrrole nitrogens is 1. The third-order valence-corrected chi connectivity index (χ3v) is 2.37. The van der Waals surface area contributed by atoms with Crippen LogP contribution in [0.3, 0.4) is 0 Å². The number of imidazole rings is 1. The number of nitrogens with one attached hydrogen (secondary N) is 1. The molecule has 1 aromatic heterocycles. The Morgan fingerprint density at radius 2 is 2.27 bits per heavy atom. The molecular weight excluding hydrogens is 214 g/mol. The summed E-state index contributed by atoms with van der Waals surface area (Å²) in [6.07, 6.45) is 1.66. The molecule has 0 unspecified atom stereocenters. The molecule has 0 radical (unpaired) electrons. The van der Waals surface area contributed by atoms with Crippen LogP contribution in [-0.2, 0) is 0 Å². The number of nitrogens with zero attached hydrogens (tertiary/aromatic N) is 1. The van der Waals surface area contributed by atoms with Crippen LogP contribution in [0.5, 0.6) is 5.75 Å². The molecule has 0 aliphatic rings. The summed E-state index contributed by atoms with van der Waals surface area (Å²) >= 11 is 5.91. The van der Waals surface area contributed by atoms with E-state index in [1.165, 1.54) is 0 Å². The molecular formula is C10H10ClN3O. The first-order chi connectivity index (χ1) is 7.20. The Labute approximate surface area is 92.0 Å². The van der Waals surface area contributed by atoms with Gasteiger partial charge in [-0.25, -0.2) is 4.98 Å². The zero-order valence-electron chi connectivity index (χ0n) is 8.12. The van der Waals surface area contributed by atoms with E-state index in [4.69, 9.17) is 22.1 Å². The normalized spacial score (nSPS) is 10.3. The molecule has 2 aromatic rings. The van der Waals surface area contributed by atoms with Crippen molar-refractivity contribution in [3.63, 3.8) is 0 Å². The standard InChI is InChI=1S/C10H10ClN3O/c1-15-9-4-6(2-3-7(9)11)8-5-13-10(12)14-8/h2-5H,1H3,(H3,12,13,14). The van der Waals surface area contributed by atoms with Crippen LogP contribution in [-0.4, -0.2) is 17.1 Å². The van der Waals surface area contributed by atoms with Crippen LogP contribution in [0.15, 0.2) is 24.4 Å². The van der Waals surface area contributed by atoms with E-state index in [0.717, 1.165) is 11.3 Å². The molecule has 0 amide bonds. The zero-order chi connectivity index (χ0) is 10.8. The van der Waals surface area contributed by atoms with Crippen molar-refractivity contribution in [2.75, 3.05) is 12.8 Å². The summed E-state index contributed by atoms with van der Waals surface area (Å²) in [5.41, 5.74) is 7.26. The van der Waals surface area contributed by atoms with Crippen molar-refractivity contribution >= 4 is 17.5 Å². The van der Waals surface area contributed by atoms with Crippen LogP contribution in [0.25, 0.3) is 11.3 Å². The van der Waals surface area contributed by atoms with Crippen LogP contribution in [0, 0.1) is 0 Å². The number of nitrogen functional groups attached to an aromatic ring is 1. The maximum atomic E-state index is 5.91. The summed E-state index contributed by atoms with van der Waals surface area (Å²) in [6.45, 7) is 0. The number of halogens is 1. The summed E-state index contributed by atoms with van der Waals surface area (Å²) in [5.74, 6) is 1.02. The Bertz CT molecular complexity index is 481. The lowest BCUT2D eigenvalue weighted by molar-refractivity contribution is 0.415. The Morgan fingerprint density at radius 3 is 2.87 bits per heavy atom. The van der Waals surface area contributed by atoms with Crippen LogP contribution in [0.2, 0.25) is 5.02 Å². The van der Waals surface area contributed by atoms with Gasteiger partial charge in [-0.2, -0.15) is 0 Å². The molecule has 2 rings (SSSR count). The molecule has 0 aliphatic heterocycles. The number of aromatic nitrogens is 2. The highest BCUT2D eigenvalue weighted by atomic mass is 35.5. The highest BCUT2D eigenvalue weighted by Crippen LogP contribution is 2.29. The quantitative estimate of drug-likeness (QED) is 0.821. The van der Waals surface area contributed by atoms with Gasteiger partial charge in [-0.3, -0.25) is 0 Å². The second-order valence-corrected chi connectivity index (χ2v) is 3.44. The zero-order valence-corrected chi connectivity index (χ0v) is 8.88. The first-order valence-corrected chi connectivity index (χ1v) is 4.73. The second-order valence-electron chi connectivity index (χ2n) is 3.03. The Kier molecular flexibility index (Phi) is 2.51. The summed E-state index contributed by atoms with van der Waals surface area (Å²) in [6, 6.07) is 5.47. The summed E-state index contributed by atoms with van der Waals surface area (Å²) in [7, 11) is 1.58. The van der Waals surface area contributed by atoms with Gasteiger partial charge in [0.05, 0.1) is 24.0 Å². The van der Waals surface area contributed by atoms with Crippen molar-refractivity contribution in [3.8, 4) is 17.0 Å². The third-order valence-electron chi connectivity index (χ3n) is 2.06. The van der Waals surface area contributed by atoms with E-state index in [1.807, 2.05) is 12.1 Å². The molecule has 15 heavy (non-hydrogen) atoms. The van der Waals surface area contributed by atoms with Gasteiger partial charge in [-0.15, -0.1) is 0 Å². The monoisotopic (exact) mass is 223 g/mol. The largest absolute Gasteiger partial charge is 0.495 e. The average Bonchev–Trinajstić information content (AvgIpc) is 2.66. The van der Waals surface area contributed by atoms with E-state index in [-0.39, 0.29) is 0 Å². The van der Waals surface area contributed by atoms with E-state index in [0.29, 0.717) is 16.7 Å². The van der Waals surface area contributed by atoms with Gasteiger partial charge in [-0.05, 0) is 12.1 Å². The number of hydrogen-bond acceptors (Lipinski definition) is 3.